The summed E-state index contributed by atoms with van der Waals surface area (Å²) >= 11 is 0. The fraction of sp³-hybridized carbons (Fsp3) is 0.0870. The Balaban J connectivity index is 1.79. The van der Waals surface area contributed by atoms with Gasteiger partial charge in [0.05, 0.1) is 23.4 Å². The van der Waals surface area contributed by atoms with Gasteiger partial charge in [0.25, 0.3) is 11.6 Å². The Morgan fingerprint density at radius 1 is 1.03 bits per heavy atom. The monoisotopic (exact) mass is 415 g/mol. The smallest absolute Gasteiger partial charge is 0.269 e. The van der Waals surface area contributed by atoms with Crippen LogP contribution in [0.5, 0.6) is 5.75 Å². The molecule has 1 atom stereocenters. The quantitative estimate of drug-likeness (QED) is 0.263. The highest BCUT2D eigenvalue weighted by Crippen LogP contribution is 2.31. The molecule has 0 bridgehead atoms. The number of non-ortho nitro benzene ring substituents is 1. The summed E-state index contributed by atoms with van der Waals surface area (Å²) in [6.07, 6.45) is 0. The van der Waals surface area contributed by atoms with E-state index in [1.165, 1.54) is 31.4 Å². The molecular formula is C23H17N3O5. The number of hydrogen-bond donors (Lipinski definition) is 0. The Morgan fingerprint density at radius 3 is 2.39 bits per heavy atom. The van der Waals surface area contributed by atoms with E-state index in [2.05, 4.69) is 5.10 Å². The van der Waals surface area contributed by atoms with Gasteiger partial charge < -0.3 is 4.74 Å². The number of nitro benzene ring substituents is 1. The lowest BCUT2D eigenvalue weighted by molar-refractivity contribution is -0.384. The predicted octanol–water partition coefficient (Wildman–Crippen LogP) is 3.85. The second-order valence-electron chi connectivity index (χ2n) is 6.80. The highest BCUT2D eigenvalue weighted by atomic mass is 16.6. The number of ether oxygens (including phenoxy) is 1. The van der Waals surface area contributed by atoms with Gasteiger partial charge >= 0.3 is 0 Å². The first-order valence-corrected chi connectivity index (χ1v) is 9.40. The van der Waals surface area contributed by atoms with E-state index in [-0.39, 0.29) is 17.2 Å². The van der Waals surface area contributed by atoms with Crippen molar-refractivity contribution in [3.63, 3.8) is 0 Å². The van der Waals surface area contributed by atoms with Crippen LogP contribution in [0.2, 0.25) is 0 Å². The first-order chi connectivity index (χ1) is 15.0. The fourth-order valence-electron chi connectivity index (χ4n) is 3.37. The largest absolute Gasteiger partial charge is 0.497 e. The molecule has 0 unspecified atom stereocenters. The van der Waals surface area contributed by atoms with Crippen molar-refractivity contribution >= 4 is 28.8 Å². The zero-order valence-corrected chi connectivity index (χ0v) is 16.5. The molecule has 1 aliphatic heterocycles. The van der Waals surface area contributed by atoms with Gasteiger partial charge in [-0.3, -0.25) is 19.7 Å². The SMILES string of the molecule is COc1cccc(C2=NN(c3ccc([N+](=O)[O-])cc3)C(=O)[C@H]2C(=O)c2ccccc2)c1. The van der Waals surface area contributed by atoms with Crippen LogP contribution < -0.4 is 9.75 Å². The lowest BCUT2D eigenvalue weighted by atomic mass is 9.89. The van der Waals surface area contributed by atoms with Crippen LogP contribution in [0.3, 0.4) is 0 Å². The third-order valence-corrected chi connectivity index (χ3v) is 4.93. The molecule has 3 aromatic carbocycles. The molecule has 8 nitrogen and oxygen atoms in total. The van der Waals surface area contributed by atoms with Crippen molar-refractivity contribution in [3.05, 3.63) is 100 Å². The number of rotatable bonds is 6. The van der Waals surface area contributed by atoms with Crippen molar-refractivity contribution in [2.24, 2.45) is 11.0 Å². The van der Waals surface area contributed by atoms with Gasteiger partial charge in [-0.2, -0.15) is 10.1 Å². The maximum atomic E-state index is 13.3. The number of Topliss-reactive ketones (excluding diaryl/α,β-unsaturated/α-hetero) is 1. The number of amides is 1. The van der Waals surface area contributed by atoms with Gasteiger partial charge in [0.15, 0.2) is 5.78 Å². The molecule has 3 aromatic rings. The Kier molecular flexibility index (Phi) is 5.28. The highest BCUT2D eigenvalue weighted by molar-refractivity contribution is 6.34. The number of ketones is 1. The molecule has 0 aromatic heterocycles. The summed E-state index contributed by atoms with van der Waals surface area (Å²) < 4.78 is 5.27. The highest BCUT2D eigenvalue weighted by Gasteiger charge is 2.42. The first kappa shape index (κ1) is 20.0. The standard InChI is InChI=1S/C23H17N3O5/c1-31-19-9-5-8-16(14-19)21-20(22(27)15-6-3-2-4-7-15)23(28)25(24-21)17-10-12-18(13-11-17)26(29)30/h2-14,20H,1H3/t20-/m1/s1. The molecule has 0 N–H and O–H groups in total. The molecular weight excluding hydrogens is 398 g/mol. The van der Waals surface area contributed by atoms with Crippen LogP contribution in [-0.2, 0) is 4.79 Å². The van der Waals surface area contributed by atoms with Crippen molar-refractivity contribution in [2.75, 3.05) is 12.1 Å². The molecule has 0 saturated heterocycles. The number of hydrogen-bond acceptors (Lipinski definition) is 6. The van der Waals surface area contributed by atoms with Crippen LogP contribution in [0.25, 0.3) is 0 Å². The van der Waals surface area contributed by atoms with Crippen molar-refractivity contribution in [3.8, 4) is 5.75 Å². The number of benzene rings is 3. The van der Waals surface area contributed by atoms with Crippen LogP contribution in [0.1, 0.15) is 15.9 Å². The van der Waals surface area contributed by atoms with Crippen LogP contribution in [-0.4, -0.2) is 29.4 Å². The summed E-state index contributed by atoms with van der Waals surface area (Å²) in [4.78, 5) is 37.0. The molecule has 0 radical (unpaired) electrons. The van der Waals surface area contributed by atoms with Crippen molar-refractivity contribution < 1.29 is 19.2 Å². The van der Waals surface area contributed by atoms with Gasteiger partial charge in [0, 0.05) is 23.3 Å². The predicted molar refractivity (Wildman–Crippen MR) is 114 cm³/mol. The Hall–Kier alpha value is -4.33. The Morgan fingerprint density at radius 2 is 1.74 bits per heavy atom. The average Bonchev–Trinajstić information content (AvgIpc) is 3.16. The van der Waals surface area contributed by atoms with Gasteiger partial charge in [0.2, 0.25) is 0 Å². The molecule has 1 amide bonds. The fourth-order valence-corrected chi connectivity index (χ4v) is 3.37. The number of carbonyl (C=O) groups is 2. The van der Waals surface area contributed by atoms with Gasteiger partial charge in [0.1, 0.15) is 11.7 Å². The molecule has 154 valence electrons. The van der Waals surface area contributed by atoms with E-state index in [1.807, 2.05) is 0 Å². The van der Waals surface area contributed by atoms with Crippen molar-refractivity contribution in [2.45, 2.75) is 0 Å². The lowest BCUT2D eigenvalue weighted by Gasteiger charge is -2.14. The molecule has 1 heterocycles. The Labute approximate surface area is 177 Å². The van der Waals surface area contributed by atoms with Gasteiger partial charge in [-0.25, -0.2) is 0 Å². The van der Waals surface area contributed by atoms with Gasteiger partial charge in [-0.15, -0.1) is 0 Å². The zero-order chi connectivity index (χ0) is 22.0. The topological polar surface area (TPSA) is 102 Å². The summed E-state index contributed by atoms with van der Waals surface area (Å²) in [7, 11) is 1.52. The van der Waals surface area contributed by atoms with E-state index in [1.54, 1.807) is 54.6 Å². The van der Waals surface area contributed by atoms with Gasteiger partial charge in [-0.05, 0) is 24.3 Å². The number of anilines is 1. The molecule has 31 heavy (non-hydrogen) atoms. The molecule has 1 aliphatic rings. The van der Waals surface area contributed by atoms with E-state index in [4.69, 9.17) is 4.74 Å². The molecule has 0 aliphatic carbocycles. The van der Waals surface area contributed by atoms with Crippen LogP contribution in [0.4, 0.5) is 11.4 Å². The maximum absolute atomic E-state index is 13.3. The molecule has 0 spiro atoms. The van der Waals surface area contributed by atoms with E-state index in [0.717, 1.165) is 5.01 Å². The minimum Gasteiger partial charge on any atom is -0.497 e. The van der Waals surface area contributed by atoms with Crippen molar-refractivity contribution in [1.82, 2.24) is 0 Å². The number of nitro groups is 1. The normalized spacial score (nSPS) is 15.5. The van der Waals surface area contributed by atoms with E-state index < -0.39 is 16.7 Å². The Bertz CT molecular complexity index is 1190. The molecule has 8 heteroatoms. The van der Waals surface area contributed by atoms with Crippen LogP contribution in [0, 0.1) is 16.0 Å². The summed E-state index contributed by atoms with van der Waals surface area (Å²) in [6, 6.07) is 20.9. The number of carbonyl (C=O) groups excluding carboxylic acids is 2. The summed E-state index contributed by atoms with van der Waals surface area (Å²) in [5.41, 5.74) is 1.48. The van der Waals surface area contributed by atoms with E-state index >= 15 is 0 Å². The zero-order valence-electron chi connectivity index (χ0n) is 16.5. The third-order valence-electron chi connectivity index (χ3n) is 4.93. The second kappa shape index (κ2) is 8.19. The number of methoxy groups -OCH3 is 1. The van der Waals surface area contributed by atoms with E-state index in [0.29, 0.717) is 22.6 Å². The minimum absolute atomic E-state index is 0.107. The van der Waals surface area contributed by atoms with Crippen molar-refractivity contribution in [1.29, 1.82) is 0 Å². The van der Waals surface area contributed by atoms with E-state index in [9.17, 15) is 19.7 Å². The van der Waals surface area contributed by atoms with Crippen LogP contribution >= 0.6 is 0 Å². The summed E-state index contributed by atoms with van der Waals surface area (Å²) in [6.45, 7) is 0. The van der Waals surface area contributed by atoms with Gasteiger partial charge in [-0.1, -0.05) is 42.5 Å². The summed E-state index contributed by atoms with van der Waals surface area (Å²) in [5.74, 6) is -1.49. The molecule has 0 saturated carbocycles. The maximum Gasteiger partial charge on any atom is 0.269 e. The van der Waals surface area contributed by atoms with Crippen LogP contribution in [0.15, 0.2) is 84.0 Å². The number of hydrazone groups is 1. The first-order valence-electron chi connectivity index (χ1n) is 9.40. The molecule has 4 rings (SSSR count). The average molecular weight is 415 g/mol. The lowest BCUT2D eigenvalue weighted by Crippen LogP contribution is -2.33. The minimum atomic E-state index is -1.15. The third kappa shape index (κ3) is 3.78. The summed E-state index contributed by atoms with van der Waals surface area (Å²) in [5, 5.41) is 16.5. The molecule has 0 fully saturated rings. The second-order valence-corrected chi connectivity index (χ2v) is 6.80. The number of nitrogens with zero attached hydrogens (tertiary/aromatic N) is 3.